The van der Waals surface area contributed by atoms with Crippen LogP contribution < -0.4 is 5.73 Å². The second-order valence-corrected chi connectivity index (χ2v) is 2.88. The molecule has 0 spiro atoms. The van der Waals surface area contributed by atoms with E-state index in [9.17, 15) is 13.6 Å². The van der Waals surface area contributed by atoms with Crippen LogP contribution in [-0.4, -0.2) is 11.1 Å². The third-order valence-electron chi connectivity index (χ3n) is 1.77. The fourth-order valence-corrected chi connectivity index (χ4v) is 1.05. The fourth-order valence-electron chi connectivity index (χ4n) is 1.05. The lowest BCUT2D eigenvalue weighted by Crippen LogP contribution is -2.15. The SMILES string of the molecule is N[C@H](CC(=O)O)c1ccc(F)c(F)c1. The zero-order valence-electron chi connectivity index (χ0n) is 7.21. The maximum Gasteiger partial charge on any atom is 0.305 e. The predicted octanol–water partition coefficient (Wildman–Crippen LogP) is 1.44. The number of rotatable bonds is 3. The summed E-state index contributed by atoms with van der Waals surface area (Å²) in [5.74, 6) is -3.08. The van der Waals surface area contributed by atoms with Crippen molar-refractivity contribution in [3.05, 3.63) is 35.4 Å². The zero-order valence-corrected chi connectivity index (χ0v) is 7.21. The van der Waals surface area contributed by atoms with Crippen molar-refractivity contribution in [1.82, 2.24) is 0 Å². The summed E-state index contributed by atoms with van der Waals surface area (Å²) in [5, 5.41) is 8.42. The van der Waals surface area contributed by atoms with Gasteiger partial charge in [0.15, 0.2) is 11.6 Å². The van der Waals surface area contributed by atoms with Crippen LogP contribution >= 0.6 is 0 Å². The number of halogens is 2. The summed E-state index contributed by atoms with van der Waals surface area (Å²) in [6.07, 6.45) is -0.314. The molecule has 0 amide bonds. The number of hydrogen-bond acceptors (Lipinski definition) is 2. The summed E-state index contributed by atoms with van der Waals surface area (Å²) in [5.41, 5.74) is 5.71. The van der Waals surface area contributed by atoms with Crippen molar-refractivity contribution in [2.75, 3.05) is 0 Å². The molecule has 0 saturated carbocycles. The molecule has 0 radical (unpaired) electrons. The molecule has 5 heteroatoms. The van der Waals surface area contributed by atoms with Crippen molar-refractivity contribution in [3.63, 3.8) is 0 Å². The first-order valence-corrected chi connectivity index (χ1v) is 3.93. The Morgan fingerprint density at radius 2 is 2.07 bits per heavy atom. The Hall–Kier alpha value is -1.49. The average molecular weight is 201 g/mol. The summed E-state index contributed by atoms with van der Waals surface area (Å²) in [6.45, 7) is 0. The summed E-state index contributed by atoms with van der Waals surface area (Å²) in [7, 11) is 0. The lowest BCUT2D eigenvalue weighted by molar-refractivity contribution is -0.137. The van der Waals surface area contributed by atoms with Gasteiger partial charge in [0.1, 0.15) is 0 Å². The van der Waals surface area contributed by atoms with Gasteiger partial charge in [0.05, 0.1) is 6.42 Å². The molecule has 0 unspecified atom stereocenters. The van der Waals surface area contributed by atoms with E-state index in [2.05, 4.69) is 0 Å². The Labute approximate surface area is 79.2 Å². The predicted molar refractivity (Wildman–Crippen MR) is 45.5 cm³/mol. The fraction of sp³-hybridized carbons (Fsp3) is 0.222. The van der Waals surface area contributed by atoms with E-state index in [1.807, 2.05) is 0 Å². The van der Waals surface area contributed by atoms with Crippen molar-refractivity contribution in [2.24, 2.45) is 5.73 Å². The maximum absolute atomic E-state index is 12.7. The van der Waals surface area contributed by atoms with E-state index in [0.29, 0.717) is 0 Å². The van der Waals surface area contributed by atoms with Crippen molar-refractivity contribution in [1.29, 1.82) is 0 Å². The van der Waals surface area contributed by atoms with Crippen LogP contribution in [0.5, 0.6) is 0 Å². The van der Waals surface area contributed by atoms with E-state index in [0.717, 1.165) is 12.1 Å². The van der Waals surface area contributed by atoms with E-state index in [4.69, 9.17) is 10.8 Å². The Morgan fingerprint density at radius 3 is 2.57 bits per heavy atom. The minimum atomic E-state index is -1.08. The summed E-state index contributed by atoms with van der Waals surface area (Å²) in [4.78, 5) is 10.3. The van der Waals surface area contributed by atoms with Crippen molar-refractivity contribution in [3.8, 4) is 0 Å². The first kappa shape index (κ1) is 10.6. The summed E-state index contributed by atoms with van der Waals surface area (Å²) < 4.78 is 25.2. The van der Waals surface area contributed by atoms with Crippen LogP contribution in [0, 0.1) is 11.6 Å². The standard InChI is InChI=1S/C9H9F2NO2/c10-6-2-1-5(3-7(6)11)8(12)4-9(13)14/h1-3,8H,4,12H2,(H,13,14)/t8-/m1/s1. The summed E-state index contributed by atoms with van der Waals surface area (Å²) >= 11 is 0. The monoisotopic (exact) mass is 201 g/mol. The van der Waals surface area contributed by atoms with Gasteiger partial charge in [-0.15, -0.1) is 0 Å². The Bertz CT molecular complexity index is 355. The smallest absolute Gasteiger partial charge is 0.305 e. The van der Waals surface area contributed by atoms with Gasteiger partial charge in [-0.2, -0.15) is 0 Å². The van der Waals surface area contributed by atoms with E-state index < -0.39 is 23.6 Å². The number of benzene rings is 1. The molecule has 0 aromatic heterocycles. The van der Waals surface area contributed by atoms with Crippen LogP contribution in [0.4, 0.5) is 8.78 Å². The number of aliphatic carboxylic acids is 1. The lowest BCUT2D eigenvalue weighted by atomic mass is 10.0. The largest absolute Gasteiger partial charge is 0.481 e. The normalized spacial score (nSPS) is 12.5. The molecule has 0 aliphatic carbocycles. The topological polar surface area (TPSA) is 63.3 Å². The molecule has 1 rings (SSSR count). The van der Waals surface area contributed by atoms with Gasteiger partial charge >= 0.3 is 5.97 Å². The van der Waals surface area contributed by atoms with Gasteiger partial charge in [-0.25, -0.2) is 8.78 Å². The zero-order chi connectivity index (χ0) is 10.7. The number of carboxylic acid groups (broad SMARTS) is 1. The number of hydrogen-bond donors (Lipinski definition) is 2. The number of nitrogens with two attached hydrogens (primary N) is 1. The van der Waals surface area contributed by atoms with Crippen LogP contribution in [0.1, 0.15) is 18.0 Å². The van der Waals surface area contributed by atoms with Crippen LogP contribution in [0.15, 0.2) is 18.2 Å². The van der Waals surface area contributed by atoms with E-state index in [-0.39, 0.29) is 12.0 Å². The third kappa shape index (κ3) is 2.50. The Kier molecular flexibility index (Phi) is 3.14. The van der Waals surface area contributed by atoms with E-state index in [1.54, 1.807) is 0 Å². The molecule has 3 N–H and O–H groups in total. The molecule has 76 valence electrons. The second kappa shape index (κ2) is 4.15. The number of carbonyl (C=O) groups is 1. The third-order valence-corrected chi connectivity index (χ3v) is 1.77. The molecule has 0 fully saturated rings. The molecule has 3 nitrogen and oxygen atoms in total. The van der Waals surface area contributed by atoms with Gasteiger partial charge in [0.25, 0.3) is 0 Å². The highest BCUT2D eigenvalue weighted by molar-refractivity contribution is 5.67. The van der Waals surface area contributed by atoms with Gasteiger partial charge < -0.3 is 10.8 Å². The highest BCUT2D eigenvalue weighted by Gasteiger charge is 2.12. The van der Waals surface area contributed by atoms with Crippen molar-refractivity contribution in [2.45, 2.75) is 12.5 Å². The van der Waals surface area contributed by atoms with E-state index in [1.165, 1.54) is 6.07 Å². The molecule has 0 aliphatic rings. The minimum absolute atomic E-state index is 0.270. The summed E-state index contributed by atoms with van der Waals surface area (Å²) in [6, 6.07) is 2.28. The second-order valence-electron chi connectivity index (χ2n) is 2.88. The first-order valence-electron chi connectivity index (χ1n) is 3.93. The van der Waals surface area contributed by atoms with Crippen LogP contribution in [-0.2, 0) is 4.79 Å². The quantitative estimate of drug-likeness (QED) is 0.777. The Morgan fingerprint density at radius 1 is 1.43 bits per heavy atom. The molecule has 0 heterocycles. The average Bonchev–Trinajstić information content (AvgIpc) is 2.08. The van der Waals surface area contributed by atoms with Gasteiger partial charge in [-0.1, -0.05) is 6.07 Å². The van der Waals surface area contributed by atoms with Crippen LogP contribution in [0.25, 0.3) is 0 Å². The molecule has 0 aliphatic heterocycles. The van der Waals surface area contributed by atoms with Gasteiger partial charge in [-0.3, -0.25) is 4.79 Å². The van der Waals surface area contributed by atoms with Gasteiger partial charge in [-0.05, 0) is 17.7 Å². The van der Waals surface area contributed by atoms with E-state index >= 15 is 0 Å². The molecule has 1 aromatic carbocycles. The Balaban J connectivity index is 2.85. The molecule has 0 bridgehead atoms. The van der Waals surface area contributed by atoms with Crippen LogP contribution in [0.2, 0.25) is 0 Å². The van der Waals surface area contributed by atoms with Gasteiger partial charge in [0.2, 0.25) is 0 Å². The highest BCUT2D eigenvalue weighted by Crippen LogP contribution is 2.16. The molecule has 1 aromatic rings. The van der Waals surface area contributed by atoms with Crippen molar-refractivity contribution >= 4 is 5.97 Å². The molecule has 0 saturated heterocycles. The molecular weight excluding hydrogens is 192 g/mol. The lowest BCUT2D eigenvalue weighted by Gasteiger charge is -2.08. The molecule has 14 heavy (non-hydrogen) atoms. The highest BCUT2D eigenvalue weighted by atomic mass is 19.2. The maximum atomic E-state index is 12.7. The number of carboxylic acids is 1. The van der Waals surface area contributed by atoms with Gasteiger partial charge in [0, 0.05) is 6.04 Å². The van der Waals surface area contributed by atoms with Crippen LogP contribution in [0.3, 0.4) is 0 Å². The first-order chi connectivity index (χ1) is 6.50. The molecular formula is C9H9F2NO2. The minimum Gasteiger partial charge on any atom is -0.481 e. The molecule has 1 atom stereocenters. The van der Waals surface area contributed by atoms with Crippen molar-refractivity contribution < 1.29 is 18.7 Å².